The summed E-state index contributed by atoms with van der Waals surface area (Å²) in [6.45, 7) is 1.36. The highest BCUT2D eigenvalue weighted by molar-refractivity contribution is 7.90. The van der Waals surface area contributed by atoms with Crippen molar-refractivity contribution in [2.45, 2.75) is 31.1 Å². The van der Waals surface area contributed by atoms with Gasteiger partial charge in [0.15, 0.2) is 0 Å². The first-order valence-corrected chi connectivity index (χ1v) is 9.32. The molecule has 6 nitrogen and oxygen atoms in total. The fourth-order valence-electron chi connectivity index (χ4n) is 2.28. The average Bonchev–Trinajstić information content (AvgIpc) is 2.55. The Morgan fingerprint density at radius 2 is 1.60 bits per heavy atom. The van der Waals surface area contributed by atoms with Gasteiger partial charge in [-0.2, -0.15) is 0 Å². The maximum absolute atomic E-state index is 12.2. The van der Waals surface area contributed by atoms with Crippen LogP contribution in [-0.2, 0) is 26.0 Å². The Hall–Kier alpha value is -2.67. The molecule has 0 fully saturated rings. The molecular weight excluding hydrogens is 340 g/mol. The largest absolute Gasteiger partial charge is 0.326 e. The number of carbonyl (C=O) groups is 2. The van der Waals surface area contributed by atoms with E-state index in [0.717, 1.165) is 5.56 Å². The van der Waals surface area contributed by atoms with Crippen LogP contribution in [0.4, 0.5) is 5.69 Å². The summed E-state index contributed by atoms with van der Waals surface area (Å²) in [5.41, 5.74) is 1.59. The van der Waals surface area contributed by atoms with Crippen LogP contribution in [0.3, 0.4) is 0 Å². The number of nitrogens with one attached hydrogen (secondary N) is 2. The first kappa shape index (κ1) is 18.7. The Kier molecular flexibility index (Phi) is 6.30. The predicted octanol–water partition coefficient (Wildman–Crippen LogP) is 2.47. The molecule has 0 aliphatic carbocycles. The molecule has 0 saturated heterocycles. The zero-order valence-electron chi connectivity index (χ0n) is 13.9. The number of hydrogen-bond acceptors (Lipinski definition) is 4. The van der Waals surface area contributed by atoms with Crippen LogP contribution >= 0.6 is 0 Å². The van der Waals surface area contributed by atoms with Crippen LogP contribution in [0.5, 0.6) is 0 Å². The second-order valence-corrected chi connectivity index (χ2v) is 7.26. The van der Waals surface area contributed by atoms with Gasteiger partial charge in [0.25, 0.3) is 10.0 Å². The molecular formula is C18H20N2O4S. The van der Waals surface area contributed by atoms with Crippen molar-refractivity contribution in [3.8, 4) is 0 Å². The third-order valence-corrected chi connectivity index (χ3v) is 4.83. The minimum atomic E-state index is -3.91. The summed E-state index contributed by atoms with van der Waals surface area (Å²) in [4.78, 5) is 22.8. The van der Waals surface area contributed by atoms with Crippen LogP contribution in [0.1, 0.15) is 25.3 Å². The third kappa shape index (κ3) is 6.04. The SMILES string of the molecule is CC(=O)Nc1ccc(S(=O)(=O)NC(=O)CCCc2ccccc2)cc1. The van der Waals surface area contributed by atoms with Gasteiger partial charge >= 0.3 is 0 Å². The molecule has 0 atom stereocenters. The van der Waals surface area contributed by atoms with Gasteiger partial charge in [-0.25, -0.2) is 13.1 Å². The molecule has 2 aromatic rings. The van der Waals surface area contributed by atoms with Gasteiger partial charge in [0.1, 0.15) is 0 Å². The Bertz CT molecular complexity index is 831. The van der Waals surface area contributed by atoms with Gasteiger partial charge in [-0.05, 0) is 42.7 Å². The molecule has 2 amide bonds. The minimum absolute atomic E-state index is 0.0296. The number of anilines is 1. The molecule has 0 radical (unpaired) electrons. The maximum atomic E-state index is 12.2. The Morgan fingerprint density at radius 1 is 0.960 bits per heavy atom. The molecule has 0 aliphatic heterocycles. The van der Waals surface area contributed by atoms with E-state index in [2.05, 4.69) is 10.0 Å². The lowest BCUT2D eigenvalue weighted by atomic mass is 10.1. The fraction of sp³-hybridized carbons (Fsp3) is 0.222. The summed E-state index contributed by atoms with van der Waals surface area (Å²) >= 11 is 0. The smallest absolute Gasteiger partial charge is 0.264 e. The highest BCUT2D eigenvalue weighted by atomic mass is 32.2. The number of benzene rings is 2. The molecule has 0 spiro atoms. The Labute approximate surface area is 147 Å². The van der Waals surface area contributed by atoms with Crippen molar-refractivity contribution in [2.24, 2.45) is 0 Å². The monoisotopic (exact) mass is 360 g/mol. The Morgan fingerprint density at radius 3 is 2.20 bits per heavy atom. The van der Waals surface area contributed by atoms with E-state index in [0.29, 0.717) is 18.5 Å². The molecule has 2 N–H and O–H groups in total. The van der Waals surface area contributed by atoms with Crippen LogP contribution in [-0.4, -0.2) is 20.2 Å². The summed E-state index contributed by atoms with van der Waals surface area (Å²) in [5.74, 6) is -0.788. The standard InChI is InChI=1S/C18H20N2O4S/c1-14(21)19-16-10-12-17(13-11-16)25(23,24)20-18(22)9-5-8-15-6-3-2-4-7-15/h2-4,6-7,10-13H,5,8-9H2,1H3,(H,19,21)(H,20,22). The number of hydrogen-bond donors (Lipinski definition) is 2. The van der Waals surface area contributed by atoms with E-state index in [1.54, 1.807) is 0 Å². The topological polar surface area (TPSA) is 92.3 Å². The number of amides is 2. The van der Waals surface area contributed by atoms with Crippen LogP contribution in [0, 0.1) is 0 Å². The molecule has 2 rings (SSSR count). The minimum Gasteiger partial charge on any atom is -0.326 e. The fourth-order valence-corrected chi connectivity index (χ4v) is 3.29. The van der Waals surface area contributed by atoms with Crippen LogP contribution < -0.4 is 10.0 Å². The van der Waals surface area contributed by atoms with Gasteiger partial charge in [-0.3, -0.25) is 9.59 Å². The van der Waals surface area contributed by atoms with Gasteiger partial charge in [0, 0.05) is 19.0 Å². The second-order valence-electron chi connectivity index (χ2n) is 5.57. The van der Waals surface area contributed by atoms with E-state index >= 15 is 0 Å². The first-order valence-electron chi connectivity index (χ1n) is 7.84. The van der Waals surface area contributed by atoms with E-state index in [1.165, 1.54) is 31.2 Å². The molecule has 0 aliphatic rings. The molecule has 2 aromatic carbocycles. The first-order chi connectivity index (χ1) is 11.9. The summed E-state index contributed by atoms with van der Waals surface area (Å²) in [5, 5.41) is 2.55. The zero-order valence-corrected chi connectivity index (χ0v) is 14.7. The summed E-state index contributed by atoms with van der Waals surface area (Å²) in [6, 6.07) is 15.3. The summed E-state index contributed by atoms with van der Waals surface area (Å²) in [7, 11) is -3.91. The van der Waals surface area contributed by atoms with Gasteiger partial charge in [-0.1, -0.05) is 30.3 Å². The lowest BCUT2D eigenvalue weighted by Gasteiger charge is -2.08. The highest BCUT2D eigenvalue weighted by Gasteiger charge is 2.17. The third-order valence-electron chi connectivity index (χ3n) is 3.45. The van der Waals surface area contributed by atoms with Crippen LogP contribution in [0.15, 0.2) is 59.5 Å². The van der Waals surface area contributed by atoms with Crippen molar-refractivity contribution in [1.29, 1.82) is 0 Å². The van der Waals surface area contributed by atoms with E-state index < -0.39 is 15.9 Å². The molecule has 0 aromatic heterocycles. The van der Waals surface area contributed by atoms with Crippen molar-refractivity contribution in [1.82, 2.24) is 4.72 Å². The van der Waals surface area contributed by atoms with Crippen LogP contribution in [0.25, 0.3) is 0 Å². The average molecular weight is 360 g/mol. The summed E-state index contributed by atoms with van der Waals surface area (Å²) < 4.78 is 26.4. The molecule has 0 unspecified atom stereocenters. The second kappa shape index (κ2) is 8.43. The zero-order chi connectivity index (χ0) is 18.3. The number of aryl methyl sites for hydroxylation is 1. The van der Waals surface area contributed by atoms with Crippen molar-refractivity contribution in [2.75, 3.05) is 5.32 Å². The van der Waals surface area contributed by atoms with Crippen molar-refractivity contribution < 1.29 is 18.0 Å². The van der Waals surface area contributed by atoms with Crippen molar-refractivity contribution >= 4 is 27.5 Å². The molecule has 132 valence electrons. The van der Waals surface area contributed by atoms with Gasteiger partial charge in [-0.15, -0.1) is 0 Å². The van der Waals surface area contributed by atoms with Gasteiger partial charge in [0.05, 0.1) is 4.90 Å². The molecule has 0 bridgehead atoms. The summed E-state index contributed by atoms with van der Waals surface area (Å²) in [6.07, 6.45) is 1.39. The lowest BCUT2D eigenvalue weighted by molar-refractivity contribution is -0.119. The molecule has 25 heavy (non-hydrogen) atoms. The molecule has 0 saturated carbocycles. The van der Waals surface area contributed by atoms with Gasteiger partial charge in [0.2, 0.25) is 11.8 Å². The maximum Gasteiger partial charge on any atom is 0.264 e. The quantitative estimate of drug-likeness (QED) is 0.793. The molecule has 7 heteroatoms. The van der Waals surface area contributed by atoms with E-state index in [9.17, 15) is 18.0 Å². The number of rotatable bonds is 7. The lowest BCUT2D eigenvalue weighted by Crippen LogP contribution is -2.30. The van der Waals surface area contributed by atoms with Crippen molar-refractivity contribution in [3.63, 3.8) is 0 Å². The predicted molar refractivity (Wildman–Crippen MR) is 95.5 cm³/mol. The van der Waals surface area contributed by atoms with E-state index in [1.807, 2.05) is 30.3 Å². The number of carbonyl (C=O) groups excluding carboxylic acids is 2. The number of sulfonamides is 1. The van der Waals surface area contributed by atoms with Crippen molar-refractivity contribution in [3.05, 3.63) is 60.2 Å². The van der Waals surface area contributed by atoms with E-state index in [-0.39, 0.29) is 17.2 Å². The molecule has 0 heterocycles. The van der Waals surface area contributed by atoms with E-state index in [4.69, 9.17) is 0 Å². The van der Waals surface area contributed by atoms with Crippen LogP contribution in [0.2, 0.25) is 0 Å². The van der Waals surface area contributed by atoms with Gasteiger partial charge < -0.3 is 5.32 Å². The normalized spacial score (nSPS) is 10.9. The Balaban J connectivity index is 1.89. The highest BCUT2D eigenvalue weighted by Crippen LogP contribution is 2.14.